The Morgan fingerprint density at radius 1 is 1.31 bits per heavy atom. The van der Waals surface area contributed by atoms with Crippen LogP contribution in [0.2, 0.25) is 0 Å². The van der Waals surface area contributed by atoms with E-state index < -0.39 is 18.5 Å². The second kappa shape index (κ2) is 7.30. The van der Waals surface area contributed by atoms with Crippen LogP contribution < -0.4 is 0 Å². The summed E-state index contributed by atoms with van der Waals surface area (Å²) < 4.78 is 19.8. The topological polar surface area (TPSA) is 76.8 Å². The molecule has 0 aliphatic rings. The largest absolute Gasteiger partial charge is 0.452 e. The number of nitrogens with zero attached hydrogens (tertiary/aromatic N) is 4. The van der Waals surface area contributed by atoms with E-state index in [0.29, 0.717) is 16.9 Å². The van der Waals surface area contributed by atoms with Gasteiger partial charge in [-0.25, -0.2) is 18.7 Å². The summed E-state index contributed by atoms with van der Waals surface area (Å²) in [6.45, 7) is 1.46. The second-order valence-corrected chi connectivity index (χ2v) is 5.80. The summed E-state index contributed by atoms with van der Waals surface area (Å²) in [7, 11) is 1.56. The minimum absolute atomic E-state index is 0.214. The van der Waals surface area contributed by atoms with Crippen LogP contribution in [0, 0.1) is 12.7 Å². The predicted molar refractivity (Wildman–Crippen MR) is 90.9 cm³/mol. The highest BCUT2D eigenvalue weighted by Gasteiger charge is 2.21. The van der Waals surface area contributed by atoms with Gasteiger partial charge in [0, 0.05) is 26.0 Å². The van der Waals surface area contributed by atoms with E-state index in [1.165, 1.54) is 21.5 Å². The fourth-order valence-corrected chi connectivity index (χ4v) is 2.54. The summed E-state index contributed by atoms with van der Waals surface area (Å²) in [5.41, 5.74) is 1.71. The Kier molecular flexibility index (Phi) is 4.92. The Hall–Kier alpha value is -3.29. The Morgan fingerprint density at radius 3 is 2.88 bits per heavy atom. The zero-order valence-corrected chi connectivity index (χ0v) is 14.3. The smallest absolute Gasteiger partial charge is 0.344 e. The number of benzene rings is 1. The van der Waals surface area contributed by atoms with Crippen molar-refractivity contribution in [2.24, 2.45) is 0 Å². The van der Waals surface area contributed by atoms with Gasteiger partial charge in [-0.3, -0.25) is 4.79 Å². The normalized spacial score (nSPS) is 10.7. The summed E-state index contributed by atoms with van der Waals surface area (Å²) in [4.78, 5) is 30.0. The molecule has 134 valence electrons. The first-order valence-corrected chi connectivity index (χ1v) is 7.91. The zero-order chi connectivity index (χ0) is 18.7. The van der Waals surface area contributed by atoms with Gasteiger partial charge in [-0.05, 0) is 30.7 Å². The number of rotatable bonds is 5. The highest BCUT2D eigenvalue weighted by atomic mass is 19.1. The van der Waals surface area contributed by atoms with E-state index in [1.807, 2.05) is 0 Å². The molecule has 3 aromatic rings. The highest BCUT2D eigenvalue weighted by molar-refractivity contribution is 5.98. The van der Waals surface area contributed by atoms with Gasteiger partial charge in [0.05, 0.1) is 5.69 Å². The van der Waals surface area contributed by atoms with Gasteiger partial charge in [-0.15, -0.1) is 0 Å². The second-order valence-electron chi connectivity index (χ2n) is 5.80. The molecule has 0 unspecified atom stereocenters. The number of ether oxygens (including phenoxy) is 1. The van der Waals surface area contributed by atoms with Crippen LogP contribution >= 0.6 is 0 Å². The number of amides is 1. The summed E-state index contributed by atoms with van der Waals surface area (Å²) in [5, 5.41) is 4.18. The number of halogens is 1. The van der Waals surface area contributed by atoms with Gasteiger partial charge in [0.1, 0.15) is 11.4 Å². The van der Waals surface area contributed by atoms with Gasteiger partial charge in [0.15, 0.2) is 12.3 Å². The lowest BCUT2D eigenvalue weighted by atomic mass is 10.2. The SMILES string of the molecule is Cc1nn2cccnc2c1C(=O)OCC(=O)N(C)Cc1cccc(F)c1. The molecule has 1 aromatic carbocycles. The monoisotopic (exact) mass is 356 g/mol. The molecule has 3 rings (SSSR count). The van der Waals surface area contributed by atoms with Crippen molar-refractivity contribution in [2.45, 2.75) is 13.5 Å². The van der Waals surface area contributed by atoms with Gasteiger partial charge in [-0.1, -0.05) is 12.1 Å². The molecule has 0 bridgehead atoms. The van der Waals surface area contributed by atoms with Crippen molar-refractivity contribution < 1.29 is 18.7 Å². The number of aryl methyl sites for hydroxylation is 1. The predicted octanol–water partition coefficient (Wildman–Crippen LogP) is 1.99. The fourth-order valence-electron chi connectivity index (χ4n) is 2.54. The molecule has 1 amide bonds. The molecular formula is C18H17FN4O3. The maximum absolute atomic E-state index is 13.2. The van der Waals surface area contributed by atoms with Crippen molar-refractivity contribution in [2.75, 3.05) is 13.7 Å². The van der Waals surface area contributed by atoms with Gasteiger partial charge >= 0.3 is 5.97 Å². The summed E-state index contributed by atoms with van der Waals surface area (Å²) in [6.07, 6.45) is 3.22. The van der Waals surface area contributed by atoms with Crippen LogP contribution in [0.1, 0.15) is 21.6 Å². The Balaban J connectivity index is 1.63. The molecule has 0 fully saturated rings. The van der Waals surface area contributed by atoms with Crippen molar-refractivity contribution in [1.29, 1.82) is 0 Å². The number of fused-ring (bicyclic) bond motifs is 1. The molecule has 8 heteroatoms. The third-order valence-electron chi connectivity index (χ3n) is 3.84. The number of aromatic nitrogens is 3. The maximum atomic E-state index is 13.2. The number of carbonyl (C=O) groups is 2. The molecule has 0 atom stereocenters. The molecule has 26 heavy (non-hydrogen) atoms. The van der Waals surface area contributed by atoms with Crippen molar-refractivity contribution in [3.05, 3.63) is 65.4 Å². The number of likely N-dealkylation sites (N-methyl/N-ethyl adjacent to an activating group) is 1. The van der Waals surface area contributed by atoms with Crippen LogP contribution in [0.5, 0.6) is 0 Å². The van der Waals surface area contributed by atoms with Crippen LogP contribution in [0.4, 0.5) is 4.39 Å². The molecule has 0 radical (unpaired) electrons. The molecule has 7 nitrogen and oxygen atoms in total. The lowest BCUT2D eigenvalue weighted by molar-refractivity contribution is -0.133. The third kappa shape index (κ3) is 3.69. The summed E-state index contributed by atoms with van der Waals surface area (Å²) in [6, 6.07) is 7.67. The molecule has 0 saturated carbocycles. The van der Waals surface area contributed by atoms with Crippen molar-refractivity contribution in [3.8, 4) is 0 Å². The lowest BCUT2D eigenvalue weighted by Gasteiger charge is -2.17. The van der Waals surface area contributed by atoms with Crippen molar-refractivity contribution in [3.63, 3.8) is 0 Å². The van der Waals surface area contributed by atoms with Crippen molar-refractivity contribution >= 4 is 17.5 Å². The minimum atomic E-state index is -0.663. The summed E-state index contributed by atoms with van der Waals surface area (Å²) >= 11 is 0. The van der Waals surface area contributed by atoms with Gasteiger partial charge in [0.25, 0.3) is 5.91 Å². The first kappa shape index (κ1) is 17.5. The molecule has 0 aliphatic carbocycles. The van der Waals surface area contributed by atoms with Gasteiger partial charge < -0.3 is 9.64 Å². The van der Waals surface area contributed by atoms with E-state index in [0.717, 1.165) is 0 Å². The van der Waals surface area contributed by atoms with Crippen LogP contribution in [-0.2, 0) is 16.1 Å². The fraction of sp³-hybridized carbons (Fsp3) is 0.222. The van der Waals surface area contributed by atoms with E-state index in [2.05, 4.69) is 10.1 Å². The molecule has 0 saturated heterocycles. The first-order valence-electron chi connectivity index (χ1n) is 7.91. The van der Waals surface area contributed by atoms with Crippen LogP contribution in [0.25, 0.3) is 5.65 Å². The molecule has 2 aromatic heterocycles. The van der Waals surface area contributed by atoms with E-state index in [1.54, 1.807) is 44.6 Å². The van der Waals surface area contributed by atoms with Crippen LogP contribution in [-0.4, -0.2) is 45.0 Å². The molecule has 2 heterocycles. The van der Waals surface area contributed by atoms with E-state index in [9.17, 15) is 14.0 Å². The molecule has 0 spiro atoms. The van der Waals surface area contributed by atoms with Crippen LogP contribution in [0.3, 0.4) is 0 Å². The third-order valence-corrected chi connectivity index (χ3v) is 3.84. The minimum Gasteiger partial charge on any atom is -0.452 e. The summed E-state index contributed by atoms with van der Waals surface area (Å²) in [5.74, 6) is -1.43. The molecule has 0 aliphatic heterocycles. The highest BCUT2D eigenvalue weighted by Crippen LogP contribution is 2.14. The average molecular weight is 356 g/mol. The van der Waals surface area contributed by atoms with Gasteiger partial charge in [0.2, 0.25) is 0 Å². The maximum Gasteiger partial charge on any atom is 0.344 e. The Bertz CT molecular complexity index is 970. The molecule has 0 N–H and O–H groups in total. The van der Waals surface area contributed by atoms with E-state index >= 15 is 0 Å². The van der Waals surface area contributed by atoms with Gasteiger partial charge in [-0.2, -0.15) is 5.10 Å². The van der Waals surface area contributed by atoms with Crippen molar-refractivity contribution in [1.82, 2.24) is 19.5 Å². The Morgan fingerprint density at radius 2 is 2.12 bits per heavy atom. The number of esters is 1. The number of carbonyl (C=O) groups excluding carboxylic acids is 2. The zero-order valence-electron chi connectivity index (χ0n) is 14.3. The van der Waals surface area contributed by atoms with E-state index in [-0.39, 0.29) is 17.9 Å². The standard InChI is InChI=1S/C18H17FN4O3/c1-12-16(17-20-7-4-8-23(17)21-12)18(25)26-11-15(24)22(2)10-13-5-3-6-14(19)9-13/h3-9H,10-11H2,1-2H3. The molecular weight excluding hydrogens is 339 g/mol. The quantitative estimate of drug-likeness (QED) is 0.654. The Labute approximate surface area is 149 Å². The van der Waals surface area contributed by atoms with Crippen LogP contribution in [0.15, 0.2) is 42.7 Å². The number of hydrogen-bond acceptors (Lipinski definition) is 5. The van der Waals surface area contributed by atoms with E-state index in [4.69, 9.17) is 4.74 Å². The first-order chi connectivity index (χ1) is 12.5. The lowest BCUT2D eigenvalue weighted by Crippen LogP contribution is -2.31. The average Bonchev–Trinajstić information content (AvgIpc) is 2.95. The number of hydrogen-bond donors (Lipinski definition) is 0.